The average molecular weight is 428 g/mol. The standard InChI is InChI=1S/C22H20N8O2/c31-21-17-2-1-3-18(8-17)22(32)24-10-20-14-30(28-26-20)12-16-6-4-15(5-7-16)11-29-13-19(9-23-21)25-27-29/h1-8,13-14H,9-12H2,(H,23,31)(H,24,32). The number of hydrogen-bond donors (Lipinski definition) is 2. The summed E-state index contributed by atoms with van der Waals surface area (Å²) in [4.78, 5) is 25.1. The second-order valence-corrected chi connectivity index (χ2v) is 7.58. The van der Waals surface area contributed by atoms with Crippen molar-refractivity contribution in [3.8, 4) is 0 Å². The Bertz CT molecular complexity index is 1180. The molecule has 10 nitrogen and oxygen atoms in total. The molecule has 0 fully saturated rings. The highest BCUT2D eigenvalue weighted by atomic mass is 16.2. The molecule has 8 bridgehead atoms. The zero-order valence-corrected chi connectivity index (χ0v) is 17.1. The second-order valence-electron chi connectivity index (χ2n) is 7.58. The summed E-state index contributed by atoms with van der Waals surface area (Å²) in [7, 11) is 0. The van der Waals surface area contributed by atoms with E-state index in [2.05, 4.69) is 31.3 Å². The molecular formula is C22H20N8O2. The lowest BCUT2D eigenvalue weighted by molar-refractivity contribution is 0.0950. The predicted octanol–water partition coefficient (Wildman–Crippen LogP) is 1.14. The zero-order chi connectivity index (χ0) is 21.9. The van der Waals surface area contributed by atoms with E-state index in [1.165, 1.54) is 0 Å². The first-order valence-electron chi connectivity index (χ1n) is 10.1. The number of amides is 2. The molecule has 0 spiro atoms. The fraction of sp³-hybridized carbons (Fsp3) is 0.182. The predicted molar refractivity (Wildman–Crippen MR) is 113 cm³/mol. The van der Waals surface area contributed by atoms with Crippen molar-refractivity contribution in [1.29, 1.82) is 0 Å². The van der Waals surface area contributed by atoms with Gasteiger partial charge in [0, 0.05) is 11.1 Å². The summed E-state index contributed by atoms with van der Waals surface area (Å²) >= 11 is 0. The van der Waals surface area contributed by atoms with E-state index in [0.29, 0.717) is 35.6 Å². The van der Waals surface area contributed by atoms with Crippen LogP contribution >= 0.6 is 0 Å². The Morgan fingerprint density at radius 2 is 1.16 bits per heavy atom. The van der Waals surface area contributed by atoms with Gasteiger partial charge in [-0.05, 0) is 29.3 Å². The molecule has 0 radical (unpaired) electrons. The normalized spacial score (nSPS) is 14.4. The highest BCUT2D eigenvalue weighted by Gasteiger charge is 2.12. The summed E-state index contributed by atoms with van der Waals surface area (Å²) in [6.45, 7) is 1.63. The van der Waals surface area contributed by atoms with Gasteiger partial charge < -0.3 is 10.6 Å². The summed E-state index contributed by atoms with van der Waals surface area (Å²) in [5, 5.41) is 22.2. The van der Waals surface area contributed by atoms with E-state index >= 15 is 0 Å². The summed E-state index contributed by atoms with van der Waals surface area (Å²) in [6.07, 6.45) is 3.61. The van der Waals surface area contributed by atoms with Crippen molar-refractivity contribution >= 4 is 11.8 Å². The minimum Gasteiger partial charge on any atom is -0.346 e. The van der Waals surface area contributed by atoms with Crippen LogP contribution in [0.4, 0.5) is 0 Å². The molecule has 2 aromatic heterocycles. The van der Waals surface area contributed by atoms with Gasteiger partial charge >= 0.3 is 0 Å². The molecule has 2 aliphatic heterocycles. The van der Waals surface area contributed by atoms with Crippen molar-refractivity contribution in [3.63, 3.8) is 0 Å². The number of carbonyl (C=O) groups is 2. The molecule has 2 amide bonds. The van der Waals surface area contributed by atoms with Gasteiger partial charge in [0.05, 0.1) is 38.6 Å². The third-order valence-electron chi connectivity index (χ3n) is 5.13. The quantitative estimate of drug-likeness (QED) is 0.433. The van der Waals surface area contributed by atoms with Crippen molar-refractivity contribution < 1.29 is 9.59 Å². The second kappa shape index (κ2) is 8.42. The third kappa shape index (κ3) is 4.38. The number of rotatable bonds is 0. The molecule has 0 saturated carbocycles. The Kier molecular flexibility index (Phi) is 5.16. The molecule has 2 aromatic carbocycles. The molecule has 10 heteroatoms. The first-order chi connectivity index (χ1) is 15.6. The molecule has 4 aromatic rings. The van der Waals surface area contributed by atoms with Crippen LogP contribution in [0.2, 0.25) is 0 Å². The van der Waals surface area contributed by atoms with E-state index in [4.69, 9.17) is 0 Å². The summed E-state index contributed by atoms with van der Waals surface area (Å²) < 4.78 is 3.46. The van der Waals surface area contributed by atoms with Crippen molar-refractivity contribution in [3.05, 3.63) is 94.6 Å². The molecule has 6 rings (SSSR count). The largest absolute Gasteiger partial charge is 0.346 e. The summed E-state index contributed by atoms with van der Waals surface area (Å²) in [5.41, 5.74) is 4.24. The number of nitrogens with zero attached hydrogens (tertiary/aromatic N) is 6. The zero-order valence-electron chi connectivity index (χ0n) is 17.1. The summed E-state index contributed by atoms with van der Waals surface area (Å²) in [5.74, 6) is -0.586. The van der Waals surface area contributed by atoms with E-state index in [0.717, 1.165) is 11.1 Å². The monoisotopic (exact) mass is 428 g/mol. The Hall–Kier alpha value is -4.34. The molecule has 32 heavy (non-hydrogen) atoms. The van der Waals surface area contributed by atoms with E-state index in [1.54, 1.807) is 46.0 Å². The number of aromatic nitrogens is 6. The number of benzene rings is 2. The van der Waals surface area contributed by atoms with Crippen LogP contribution in [0.5, 0.6) is 0 Å². The minimum atomic E-state index is -0.293. The van der Waals surface area contributed by atoms with Crippen LogP contribution in [-0.4, -0.2) is 41.8 Å². The van der Waals surface area contributed by atoms with Crippen LogP contribution in [0.3, 0.4) is 0 Å². The topological polar surface area (TPSA) is 120 Å². The average Bonchev–Trinajstić information content (AvgIpc) is 3.46. The third-order valence-corrected chi connectivity index (χ3v) is 5.13. The van der Waals surface area contributed by atoms with Gasteiger partial charge in [0.15, 0.2) is 0 Å². The molecule has 0 unspecified atom stereocenters. The fourth-order valence-electron chi connectivity index (χ4n) is 3.47. The Morgan fingerprint density at radius 3 is 1.62 bits per heavy atom. The molecule has 160 valence electrons. The van der Waals surface area contributed by atoms with Crippen molar-refractivity contribution in [1.82, 2.24) is 40.6 Å². The summed E-state index contributed by atoms with van der Waals surface area (Å²) in [6, 6.07) is 14.7. The maximum Gasteiger partial charge on any atom is 0.251 e. The maximum atomic E-state index is 12.6. The lowest BCUT2D eigenvalue weighted by Crippen LogP contribution is -2.25. The smallest absolute Gasteiger partial charge is 0.251 e. The van der Waals surface area contributed by atoms with Gasteiger partial charge in [-0.15, -0.1) is 10.2 Å². The fourth-order valence-corrected chi connectivity index (χ4v) is 3.47. The highest BCUT2D eigenvalue weighted by Crippen LogP contribution is 2.10. The van der Waals surface area contributed by atoms with Gasteiger partial charge in [0.25, 0.3) is 11.8 Å². The molecule has 0 aliphatic carbocycles. The van der Waals surface area contributed by atoms with Crippen LogP contribution in [0, 0.1) is 0 Å². The van der Waals surface area contributed by atoms with Gasteiger partial charge in [-0.25, -0.2) is 9.36 Å². The van der Waals surface area contributed by atoms with E-state index in [1.807, 2.05) is 24.3 Å². The molecule has 2 aliphatic rings. The van der Waals surface area contributed by atoms with E-state index in [9.17, 15) is 9.59 Å². The Balaban J connectivity index is 1.43. The lowest BCUT2D eigenvalue weighted by atomic mass is 10.1. The molecule has 4 heterocycles. The van der Waals surface area contributed by atoms with Gasteiger partial charge in [0.1, 0.15) is 11.4 Å². The van der Waals surface area contributed by atoms with Gasteiger partial charge in [-0.1, -0.05) is 40.8 Å². The first-order valence-corrected chi connectivity index (χ1v) is 10.1. The number of nitrogens with one attached hydrogen (secondary N) is 2. The number of carbonyl (C=O) groups excluding carboxylic acids is 2. The van der Waals surface area contributed by atoms with Crippen LogP contribution in [0.15, 0.2) is 60.9 Å². The lowest BCUT2D eigenvalue weighted by Gasteiger charge is -2.06. The Morgan fingerprint density at radius 1 is 0.688 bits per heavy atom. The first kappa shape index (κ1) is 19.6. The highest BCUT2D eigenvalue weighted by molar-refractivity contribution is 5.99. The van der Waals surface area contributed by atoms with Gasteiger partial charge in [-0.3, -0.25) is 9.59 Å². The van der Waals surface area contributed by atoms with Crippen molar-refractivity contribution in [2.24, 2.45) is 0 Å². The molecule has 0 saturated heterocycles. The molecule has 2 N–H and O–H groups in total. The van der Waals surface area contributed by atoms with Crippen LogP contribution in [0.1, 0.15) is 43.2 Å². The van der Waals surface area contributed by atoms with Crippen LogP contribution in [0.25, 0.3) is 0 Å². The maximum absolute atomic E-state index is 12.6. The van der Waals surface area contributed by atoms with Crippen LogP contribution < -0.4 is 10.6 Å². The Labute approximate surface area is 183 Å². The van der Waals surface area contributed by atoms with Gasteiger partial charge in [-0.2, -0.15) is 0 Å². The minimum absolute atomic E-state index is 0.239. The van der Waals surface area contributed by atoms with Crippen molar-refractivity contribution in [2.45, 2.75) is 26.2 Å². The molecule has 0 atom stereocenters. The molecular weight excluding hydrogens is 408 g/mol. The van der Waals surface area contributed by atoms with E-state index in [-0.39, 0.29) is 24.9 Å². The van der Waals surface area contributed by atoms with Crippen LogP contribution in [-0.2, 0) is 26.2 Å². The van der Waals surface area contributed by atoms with E-state index < -0.39 is 0 Å². The number of hydrogen-bond acceptors (Lipinski definition) is 6. The van der Waals surface area contributed by atoms with Crippen molar-refractivity contribution in [2.75, 3.05) is 0 Å². The number of fused-ring (bicyclic) bond motifs is 6. The SMILES string of the molecule is O=C1NCc2cn(nn2)Cc2ccc(cc2)Cn2cc(nn2)CNC(=O)c2cccc1c2. The van der Waals surface area contributed by atoms with Gasteiger partial charge in [0.2, 0.25) is 0 Å².